The molecule has 0 aliphatic carbocycles. The zero-order chi connectivity index (χ0) is 26.9. The Morgan fingerprint density at radius 1 is 0.973 bits per heavy atom. The molecule has 0 atom stereocenters. The van der Waals surface area contributed by atoms with Crippen molar-refractivity contribution in [1.82, 2.24) is 5.32 Å². The maximum atomic E-state index is 13.4. The SMILES string of the molecule is COc1cc(/C=C2\C(=O)NC(=O)N(c3cccc(C)c3C)C2=O)cc(I)c1OCc1cc(C)cc(C)c1. The number of amides is 4. The lowest BCUT2D eigenvalue weighted by molar-refractivity contribution is -0.122. The molecular formula is C29H27IN2O5. The highest BCUT2D eigenvalue weighted by atomic mass is 127. The van der Waals surface area contributed by atoms with E-state index in [-0.39, 0.29) is 5.57 Å². The van der Waals surface area contributed by atoms with E-state index in [1.165, 1.54) is 13.2 Å². The Kier molecular flexibility index (Phi) is 7.68. The van der Waals surface area contributed by atoms with E-state index in [4.69, 9.17) is 9.47 Å². The van der Waals surface area contributed by atoms with E-state index in [1.54, 1.807) is 24.3 Å². The molecule has 1 heterocycles. The fourth-order valence-electron chi connectivity index (χ4n) is 4.29. The number of nitrogens with one attached hydrogen (secondary N) is 1. The molecule has 1 fully saturated rings. The topological polar surface area (TPSA) is 84.9 Å². The number of ether oxygens (including phenoxy) is 2. The van der Waals surface area contributed by atoms with Gasteiger partial charge in [0, 0.05) is 0 Å². The van der Waals surface area contributed by atoms with E-state index in [0.29, 0.717) is 29.4 Å². The molecular weight excluding hydrogens is 583 g/mol. The minimum atomic E-state index is -0.775. The molecule has 190 valence electrons. The van der Waals surface area contributed by atoms with Crippen molar-refractivity contribution in [2.45, 2.75) is 34.3 Å². The molecule has 7 nitrogen and oxygen atoms in total. The summed E-state index contributed by atoms with van der Waals surface area (Å²) in [5, 5.41) is 2.28. The molecule has 8 heteroatoms. The van der Waals surface area contributed by atoms with Crippen LogP contribution in [0.1, 0.15) is 33.4 Å². The van der Waals surface area contributed by atoms with Crippen molar-refractivity contribution in [2.24, 2.45) is 0 Å². The zero-order valence-corrected chi connectivity index (χ0v) is 23.4. The number of hydrogen-bond acceptors (Lipinski definition) is 5. The van der Waals surface area contributed by atoms with Gasteiger partial charge in [-0.2, -0.15) is 0 Å². The first-order valence-corrected chi connectivity index (χ1v) is 12.7. The quantitative estimate of drug-likeness (QED) is 0.218. The molecule has 0 spiro atoms. The third-order valence-corrected chi connectivity index (χ3v) is 6.95. The molecule has 3 aromatic carbocycles. The maximum Gasteiger partial charge on any atom is 0.335 e. The highest BCUT2D eigenvalue weighted by Crippen LogP contribution is 2.36. The predicted molar refractivity (Wildman–Crippen MR) is 151 cm³/mol. The van der Waals surface area contributed by atoms with Crippen molar-refractivity contribution >= 4 is 52.2 Å². The van der Waals surface area contributed by atoms with Crippen molar-refractivity contribution in [1.29, 1.82) is 0 Å². The number of nitrogens with zero attached hydrogens (tertiary/aromatic N) is 1. The Morgan fingerprint density at radius 2 is 1.68 bits per heavy atom. The number of aryl methyl sites for hydroxylation is 3. The summed E-state index contributed by atoms with van der Waals surface area (Å²) in [7, 11) is 1.53. The van der Waals surface area contributed by atoms with Gasteiger partial charge < -0.3 is 9.47 Å². The summed E-state index contributed by atoms with van der Waals surface area (Å²) in [5.74, 6) is -0.405. The van der Waals surface area contributed by atoms with Gasteiger partial charge in [-0.15, -0.1) is 0 Å². The Hall–Kier alpha value is -3.66. The monoisotopic (exact) mass is 610 g/mol. The van der Waals surface area contributed by atoms with Crippen molar-refractivity contribution in [3.63, 3.8) is 0 Å². The van der Waals surface area contributed by atoms with E-state index in [0.717, 1.165) is 36.3 Å². The number of barbiturate groups is 1. The minimum Gasteiger partial charge on any atom is -0.493 e. The van der Waals surface area contributed by atoms with Gasteiger partial charge in [-0.25, -0.2) is 9.69 Å². The van der Waals surface area contributed by atoms with Crippen LogP contribution >= 0.6 is 22.6 Å². The highest BCUT2D eigenvalue weighted by molar-refractivity contribution is 14.1. The first kappa shape index (κ1) is 26.4. The van der Waals surface area contributed by atoms with Crippen molar-refractivity contribution in [3.8, 4) is 11.5 Å². The molecule has 0 radical (unpaired) electrons. The normalized spacial score (nSPS) is 14.7. The van der Waals surface area contributed by atoms with Crippen LogP contribution in [-0.4, -0.2) is 25.0 Å². The van der Waals surface area contributed by atoms with Crippen molar-refractivity contribution < 1.29 is 23.9 Å². The van der Waals surface area contributed by atoms with Crippen LogP contribution in [0.5, 0.6) is 11.5 Å². The molecule has 1 N–H and O–H groups in total. The Labute approximate surface area is 229 Å². The van der Waals surface area contributed by atoms with Gasteiger partial charge in [0.05, 0.1) is 16.4 Å². The summed E-state index contributed by atoms with van der Waals surface area (Å²) in [6.45, 7) is 8.17. The van der Waals surface area contributed by atoms with Crippen LogP contribution in [0.4, 0.5) is 10.5 Å². The molecule has 4 amide bonds. The fraction of sp³-hybridized carbons (Fsp3) is 0.207. The van der Waals surface area contributed by atoms with Gasteiger partial charge in [-0.1, -0.05) is 41.5 Å². The number of anilines is 1. The van der Waals surface area contributed by atoms with Crippen LogP contribution in [-0.2, 0) is 16.2 Å². The number of urea groups is 1. The number of carbonyl (C=O) groups is 3. The lowest BCUT2D eigenvalue weighted by Gasteiger charge is -2.28. The average Bonchev–Trinajstić information content (AvgIpc) is 2.82. The van der Waals surface area contributed by atoms with E-state index in [1.807, 2.05) is 33.8 Å². The van der Waals surface area contributed by atoms with E-state index < -0.39 is 17.8 Å². The van der Waals surface area contributed by atoms with Crippen LogP contribution in [0.15, 0.2) is 54.1 Å². The summed E-state index contributed by atoms with van der Waals surface area (Å²) in [4.78, 5) is 39.6. The molecule has 0 bridgehead atoms. The summed E-state index contributed by atoms with van der Waals surface area (Å²) in [5.41, 5.74) is 5.91. The number of benzene rings is 3. The van der Waals surface area contributed by atoms with Crippen LogP contribution in [0, 0.1) is 31.3 Å². The van der Waals surface area contributed by atoms with E-state index in [2.05, 4.69) is 46.1 Å². The van der Waals surface area contributed by atoms with Crippen LogP contribution in [0.2, 0.25) is 0 Å². The first-order chi connectivity index (χ1) is 17.6. The summed E-state index contributed by atoms with van der Waals surface area (Å²) in [6, 6.07) is 14.3. The predicted octanol–water partition coefficient (Wildman–Crippen LogP) is 5.78. The molecule has 0 saturated carbocycles. The maximum absolute atomic E-state index is 13.4. The standard InChI is InChI=1S/C29H27IN2O5/c1-16-9-17(2)11-21(10-16)15-37-26-23(30)13-20(14-25(26)36-5)12-22-27(33)31-29(35)32(28(22)34)24-8-6-7-18(3)19(24)4/h6-14H,15H2,1-5H3,(H,31,33,35)/b22-12+. The Bertz CT molecular complexity index is 1440. The van der Waals surface area contributed by atoms with Crippen LogP contribution in [0.25, 0.3) is 6.08 Å². The molecule has 0 unspecified atom stereocenters. The number of hydrogen-bond donors (Lipinski definition) is 1. The molecule has 0 aromatic heterocycles. The fourth-order valence-corrected chi connectivity index (χ4v) is 5.07. The number of halogens is 1. The third-order valence-electron chi connectivity index (χ3n) is 6.15. The molecule has 3 aromatic rings. The second-order valence-electron chi connectivity index (χ2n) is 9.00. The number of rotatable bonds is 6. The molecule has 37 heavy (non-hydrogen) atoms. The van der Waals surface area contributed by atoms with E-state index in [9.17, 15) is 14.4 Å². The van der Waals surface area contributed by atoms with E-state index >= 15 is 0 Å². The number of methoxy groups -OCH3 is 1. The van der Waals surface area contributed by atoms with Crippen molar-refractivity contribution in [2.75, 3.05) is 12.0 Å². The third kappa shape index (κ3) is 5.53. The van der Waals surface area contributed by atoms with Gasteiger partial charge in [0.2, 0.25) is 0 Å². The number of carbonyl (C=O) groups excluding carboxylic acids is 3. The minimum absolute atomic E-state index is 0.151. The zero-order valence-electron chi connectivity index (χ0n) is 21.3. The van der Waals surface area contributed by atoms with Crippen molar-refractivity contribution in [3.05, 3.63) is 91.1 Å². The van der Waals surface area contributed by atoms with Crippen LogP contribution < -0.4 is 19.7 Å². The Morgan fingerprint density at radius 3 is 2.35 bits per heavy atom. The average molecular weight is 610 g/mol. The molecule has 1 saturated heterocycles. The molecule has 1 aliphatic heterocycles. The van der Waals surface area contributed by atoms with Gasteiger partial charge in [0.25, 0.3) is 11.8 Å². The van der Waals surface area contributed by atoms with Gasteiger partial charge >= 0.3 is 6.03 Å². The van der Waals surface area contributed by atoms with Crippen LogP contribution in [0.3, 0.4) is 0 Å². The molecule has 1 aliphatic rings. The molecule has 4 rings (SSSR count). The van der Waals surface area contributed by atoms with Gasteiger partial charge in [-0.3, -0.25) is 14.9 Å². The lowest BCUT2D eigenvalue weighted by atomic mass is 10.0. The van der Waals surface area contributed by atoms with Gasteiger partial charge in [0.1, 0.15) is 12.2 Å². The van der Waals surface area contributed by atoms with Gasteiger partial charge in [0.15, 0.2) is 11.5 Å². The summed E-state index contributed by atoms with van der Waals surface area (Å²) < 4.78 is 12.4. The second kappa shape index (κ2) is 10.8. The Balaban J connectivity index is 1.66. The number of imide groups is 2. The largest absolute Gasteiger partial charge is 0.493 e. The smallest absolute Gasteiger partial charge is 0.335 e. The summed E-state index contributed by atoms with van der Waals surface area (Å²) >= 11 is 2.14. The van der Waals surface area contributed by atoms with Gasteiger partial charge in [-0.05, 0) is 96.8 Å². The highest BCUT2D eigenvalue weighted by Gasteiger charge is 2.37. The first-order valence-electron chi connectivity index (χ1n) is 11.6. The lowest BCUT2D eigenvalue weighted by Crippen LogP contribution is -2.54. The second-order valence-corrected chi connectivity index (χ2v) is 10.2. The summed E-state index contributed by atoms with van der Waals surface area (Å²) in [6.07, 6.45) is 1.46.